The Morgan fingerprint density at radius 3 is 2.71 bits per heavy atom. The molecule has 0 saturated carbocycles. The number of nitrogens with zero attached hydrogens (tertiary/aromatic N) is 2. The van der Waals surface area contributed by atoms with Crippen LogP contribution in [0.5, 0.6) is 0 Å². The van der Waals surface area contributed by atoms with Gasteiger partial charge >= 0.3 is 6.01 Å². The second-order valence-corrected chi connectivity index (χ2v) is 5.27. The minimum Gasteiger partial charge on any atom is -0.421 e. The Bertz CT molecular complexity index is 812. The lowest BCUT2D eigenvalue weighted by Gasteiger charge is -1.99. The number of halogens is 2. The van der Waals surface area contributed by atoms with Gasteiger partial charge in [-0.25, -0.2) is 5.43 Å². The molecule has 0 radical (unpaired) electrons. The van der Waals surface area contributed by atoms with Crippen molar-refractivity contribution < 1.29 is 4.42 Å². The van der Waals surface area contributed by atoms with Gasteiger partial charge in [-0.15, -0.1) is 0 Å². The van der Waals surface area contributed by atoms with E-state index in [4.69, 9.17) is 27.6 Å². The van der Waals surface area contributed by atoms with Crippen molar-refractivity contribution in [1.29, 1.82) is 0 Å². The van der Waals surface area contributed by atoms with E-state index in [0.29, 0.717) is 21.1 Å². The molecule has 0 bridgehead atoms. The third-order valence-electron chi connectivity index (χ3n) is 2.92. The molecule has 0 aliphatic carbocycles. The molecule has 0 unspecified atom stereocenters. The van der Waals surface area contributed by atoms with Crippen LogP contribution in [0.4, 0.5) is 6.01 Å². The van der Waals surface area contributed by atoms with E-state index in [2.05, 4.69) is 15.5 Å². The summed E-state index contributed by atoms with van der Waals surface area (Å²) in [6, 6.07) is 13.4. The second-order valence-electron chi connectivity index (χ2n) is 4.43. The van der Waals surface area contributed by atoms with Gasteiger partial charge in [-0.2, -0.15) is 10.1 Å². The van der Waals surface area contributed by atoms with Crippen molar-refractivity contribution in [2.24, 2.45) is 5.10 Å². The fourth-order valence-electron chi connectivity index (χ4n) is 1.88. The van der Waals surface area contributed by atoms with Crippen LogP contribution in [0.15, 0.2) is 52.0 Å². The van der Waals surface area contributed by atoms with Crippen LogP contribution in [0.1, 0.15) is 12.5 Å². The minimum absolute atomic E-state index is 0.268. The zero-order chi connectivity index (χ0) is 14.8. The summed E-state index contributed by atoms with van der Waals surface area (Å²) in [6.45, 7) is 1.90. The summed E-state index contributed by atoms with van der Waals surface area (Å²) >= 11 is 12.0. The fourth-order valence-corrected chi connectivity index (χ4v) is 2.40. The molecule has 6 heteroatoms. The predicted molar refractivity (Wildman–Crippen MR) is 86.3 cm³/mol. The predicted octanol–water partition coefficient (Wildman–Crippen LogP) is 4.97. The van der Waals surface area contributed by atoms with Crippen LogP contribution < -0.4 is 5.43 Å². The molecule has 21 heavy (non-hydrogen) atoms. The van der Waals surface area contributed by atoms with Crippen LogP contribution in [0.25, 0.3) is 11.1 Å². The van der Waals surface area contributed by atoms with Gasteiger partial charge in [-0.1, -0.05) is 53.5 Å². The fraction of sp³-hybridized carbons (Fsp3) is 0.0667. The van der Waals surface area contributed by atoms with Gasteiger partial charge in [0.2, 0.25) is 0 Å². The number of oxazole rings is 1. The molecular weight excluding hydrogens is 309 g/mol. The quantitative estimate of drug-likeness (QED) is 0.547. The van der Waals surface area contributed by atoms with Crippen molar-refractivity contribution in [2.45, 2.75) is 6.92 Å². The van der Waals surface area contributed by atoms with Crippen molar-refractivity contribution in [3.63, 3.8) is 0 Å². The summed E-state index contributed by atoms with van der Waals surface area (Å²) in [5, 5.41) is 5.18. The van der Waals surface area contributed by atoms with Crippen LogP contribution in [0.2, 0.25) is 10.0 Å². The number of benzene rings is 2. The summed E-state index contributed by atoms with van der Waals surface area (Å²) < 4.78 is 5.52. The molecule has 1 aromatic heterocycles. The highest BCUT2D eigenvalue weighted by Gasteiger charge is 2.10. The monoisotopic (exact) mass is 319 g/mol. The van der Waals surface area contributed by atoms with E-state index in [1.807, 2.05) is 37.3 Å². The smallest absolute Gasteiger partial charge is 0.316 e. The number of anilines is 1. The summed E-state index contributed by atoms with van der Waals surface area (Å²) in [6.07, 6.45) is 0. The Balaban J connectivity index is 1.87. The Morgan fingerprint density at radius 1 is 1.19 bits per heavy atom. The van der Waals surface area contributed by atoms with Gasteiger partial charge in [0.1, 0.15) is 5.52 Å². The van der Waals surface area contributed by atoms with Crippen LogP contribution in [0, 0.1) is 0 Å². The highest BCUT2D eigenvalue weighted by atomic mass is 35.5. The van der Waals surface area contributed by atoms with E-state index >= 15 is 0 Å². The zero-order valence-electron chi connectivity index (χ0n) is 11.1. The summed E-state index contributed by atoms with van der Waals surface area (Å²) in [5.74, 6) is 0. The Kier molecular flexibility index (Phi) is 3.82. The van der Waals surface area contributed by atoms with E-state index in [-0.39, 0.29) is 6.01 Å². The number of rotatable bonds is 3. The Labute approximate surface area is 131 Å². The lowest BCUT2D eigenvalue weighted by Crippen LogP contribution is -1.99. The van der Waals surface area contributed by atoms with E-state index in [1.165, 1.54) is 0 Å². The van der Waals surface area contributed by atoms with Crippen LogP contribution >= 0.6 is 23.2 Å². The van der Waals surface area contributed by atoms with Crippen LogP contribution in [-0.2, 0) is 0 Å². The molecule has 106 valence electrons. The van der Waals surface area contributed by atoms with Gasteiger partial charge in [-0.3, -0.25) is 0 Å². The second kappa shape index (κ2) is 5.76. The molecule has 3 rings (SSSR count). The first-order chi connectivity index (χ1) is 10.1. The average molecular weight is 320 g/mol. The molecule has 0 amide bonds. The van der Waals surface area contributed by atoms with Crippen molar-refractivity contribution in [1.82, 2.24) is 4.98 Å². The SMILES string of the molecule is C/C(=N\Nc1nc2cc(Cl)cc(Cl)c2o1)c1ccccc1. The molecule has 0 saturated heterocycles. The third kappa shape index (κ3) is 3.01. The van der Waals surface area contributed by atoms with E-state index in [1.54, 1.807) is 12.1 Å². The van der Waals surface area contributed by atoms with Gasteiger partial charge in [0.15, 0.2) is 5.58 Å². The molecule has 4 nitrogen and oxygen atoms in total. The van der Waals surface area contributed by atoms with Crippen molar-refractivity contribution in [3.05, 3.63) is 58.1 Å². The van der Waals surface area contributed by atoms with Crippen molar-refractivity contribution in [2.75, 3.05) is 5.43 Å². The number of hydrogen-bond donors (Lipinski definition) is 1. The summed E-state index contributed by atoms with van der Waals surface area (Å²) in [5.41, 5.74) is 5.69. The van der Waals surface area contributed by atoms with Crippen molar-refractivity contribution >= 4 is 46.0 Å². The van der Waals surface area contributed by atoms with Crippen LogP contribution in [-0.4, -0.2) is 10.7 Å². The molecular formula is C15H11Cl2N3O. The van der Waals surface area contributed by atoms with E-state index < -0.39 is 0 Å². The van der Waals surface area contributed by atoms with Gasteiger partial charge in [0.05, 0.1) is 10.7 Å². The van der Waals surface area contributed by atoms with E-state index in [9.17, 15) is 0 Å². The van der Waals surface area contributed by atoms with Gasteiger partial charge < -0.3 is 4.42 Å². The number of aromatic nitrogens is 1. The highest BCUT2D eigenvalue weighted by Crippen LogP contribution is 2.29. The number of hydrogen-bond acceptors (Lipinski definition) is 4. The molecule has 0 atom stereocenters. The number of nitrogens with one attached hydrogen (secondary N) is 1. The first-order valence-corrected chi connectivity index (χ1v) is 7.00. The largest absolute Gasteiger partial charge is 0.421 e. The zero-order valence-corrected chi connectivity index (χ0v) is 12.6. The van der Waals surface area contributed by atoms with Gasteiger partial charge in [0.25, 0.3) is 0 Å². The topological polar surface area (TPSA) is 50.4 Å². The minimum atomic E-state index is 0.268. The van der Waals surface area contributed by atoms with Gasteiger partial charge in [0, 0.05) is 5.02 Å². The lowest BCUT2D eigenvalue weighted by atomic mass is 10.1. The highest BCUT2D eigenvalue weighted by molar-refractivity contribution is 6.38. The molecule has 1 heterocycles. The molecule has 0 aliphatic heterocycles. The normalized spacial score (nSPS) is 11.9. The van der Waals surface area contributed by atoms with E-state index in [0.717, 1.165) is 11.3 Å². The first-order valence-electron chi connectivity index (χ1n) is 6.25. The standard InChI is InChI=1S/C15H11Cl2N3O/c1-9(10-5-3-2-4-6-10)19-20-15-18-13-8-11(16)7-12(17)14(13)21-15/h2-8H,1H3,(H,18,20)/b19-9+. The average Bonchev–Trinajstić information content (AvgIpc) is 2.89. The lowest BCUT2D eigenvalue weighted by molar-refractivity contribution is 0.617. The molecule has 2 aromatic carbocycles. The van der Waals surface area contributed by atoms with Crippen LogP contribution in [0.3, 0.4) is 0 Å². The summed E-state index contributed by atoms with van der Waals surface area (Å²) in [4.78, 5) is 4.25. The van der Waals surface area contributed by atoms with Crippen molar-refractivity contribution in [3.8, 4) is 0 Å². The molecule has 0 aliphatic rings. The number of fused-ring (bicyclic) bond motifs is 1. The number of hydrazone groups is 1. The maximum absolute atomic E-state index is 6.05. The molecule has 1 N–H and O–H groups in total. The molecule has 0 spiro atoms. The Morgan fingerprint density at radius 2 is 1.95 bits per heavy atom. The third-order valence-corrected chi connectivity index (χ3v) is 3.42. The van der Waals surface area contributed by atoms with Gasteiger partial charge in [-0.05, 0) is 24.6 Å². The maximum atomic E-state index is 6.05. The first kappa shape index (κ1) is 13.9. The molecule has 0 fully saturated rings. The molecule has 3 aromatic rings. The maximum Gasteiger partial charge on any atom is 0.316 e. The Hall–Kier alpha value is -2.04. The summed E-state index contributed by atoms with van der Waals surface area (Å²) in [7, 11) is 0.